The molecule has 0 aromatic heterocycles. The fraction of sp³-hybridized carbons (Fsp3) is 0.800. The van der Waals surface area contributed by atoms with Crippen LogP contribution in [0, 0.1) is 0 Å². The first-order valence-corrected chi connectivity index (χ1v) is 2.53. The number of hydrogen-bond acceptors (Lipinski definition) is 3. The second kappa shape index (κ2) is 3.57. The molecule has 0 aliphatic rings. The van der Waals surface area contributed by atoms with Gasteiger partial charge in [-0.15, -0.1) is 0 Å². The van der Waals surface area contributed by atoms with E-state index in [1.54, 1.807) is 6.92 Å². The second-order valence-corrected chi connectivity index (χ2v) is 1.60. The normalized spacial score (nSPS) is 17.4. The first-order valence-electron chi connectivity index (χ1n) is 2.53. The van der Waals surface area contributed by atoms with Gasteiger partial charge in [-0.3, -0.25) is 0 Å². The molecule has 0 aromatic rings. The van der Waals surface area contributed by atoms with E-state index < -0.39 is 12.2 Å². The predicted octanol–water partition coefficient (Wildman–Crippen LogP) is -0.683. The highest BCUT2D eigenvalue weighted by Gasteiger charge is 2.10. The Hall–Kier alpha value is -0.410. The fourth-order valence-corrected chi connectivity index (χ4v) is 0.332. The molecule has 0 fully saturated rings. The van der Waals surface area contributed by atoms with Crippen molar-refractivity contribution in [2.24, 2.45) is 0 Å². The van der Waals surface area contributed by atoms with E-state index in [-0.39, 0.29) is 0 Å². The maximum atomic E-state index is 9.70. The molecule has 0 rings (SSSR count). The Labute approximate surface area is 47.9 Å². The summed E-state index contributed by atoms with van der Waals surface area (Å²) >= 11 is 0. The van der Waals surface area contributed by atoms with Crippen molar-refractivity contribution >= 4 is 6.29 Å². The van der Waals surface area contributed by atoms with E-state index in [1.165, 1.54) is 0 Å². The van der Waals surface area contributed by atoms with Crippen molar-refractivity contribution in [2.75, 3.05) is 0 Å². The third-order valence-electron chi connectivity index (χ3n) is 0.952. The zero-order chi connectivity index (χ0) is 6.57. The van der Waals surface area contributed by atoms with Gasteiger partial charge in [-0.1, -0.05) is 6.92 Å². The second-order valence-electron chi connectivity index (χ2n) is 1.60. The molecule has 3 heteroatoms. The quantitative estimate of drug-likeness (QED) is 0.482. The summed E-state index contributed by atoms with van der Waals surface area (Å²) in [6, 6.07) is 0. The fourth-order valence-electron chi connectivity index (χ4n) is 0.332. The van der Waals surface area contributed by atoms with E-state index in [2.05, 4.69) is 0 Å². The lowest BCUT2D eigenvalue weighted by atomic mass is 10.2. The monoisotopic (exact) mass is 118 g/mol. The first kappa shape index (κ1) is 7.59. The molecule has 0 aromatic carbocycles. The number of aliphatic hydroxyl groups excluding tert-OH is 2. The summed E-state index contributed by atoms with van der Waals surface area (Å²) in [5.41, 5.74) is 0. The number of carbonyl (C=O) groups is 1. The van der Waals surface area contributed by atoms with Crippen LogP contribution in [-0.2, 0) is 4.79 Å². The average molecular weight is 118 g/mol. The maximum Gasteiger partial charge on any atom is 0.151 e. The van der Waals surface area contributed by atoms with Crippen LogP contribution in [-0.4, -0.2) is 28.7 Å². The average Bonchev–Trinajstić information content (AvgIpc) is 1.84. The largest absolute Gasteiger partial charge is 0.390 e. The molecule has 3 nitrogen and oxygen atoms in total. The molecule has 2 atom stereocenters. The van der Waals surface area contributed by atoms with Crippen LogP contribution in [0.5, 0.6) is 0 Å². The van der Waals surface area contributed by atoms with Crippen LogP contribution in [0.1, 0.15) is 13.3 Å². The van der Waals surface area contributed by atoms with E-state index in [4.69, 9.17) is 10.2 Å². The van der Waals surface area contributed by atoms with Crippen molar-refractivity contribution in [3.63, 3.8) is 0 Å². The topological polar surface area (TPSA) is 57.5 Å². The van der Waals surface area contributed by atoms with Gasteiger partial charge in [0.1, 0.15) is 6.10 Å². The van der Waals surface area contributed by atoms with Gasteiger partial charge in [-0.05, 0) is 6.42 Å². The summed E-state index contributed by atoms with van der Waals surface area (Å²) < 4.78 is 0. The SMILES string of the molecule is CC[C@@H](O)[C@@H](O)C=O. The molecule has 0 bridgehead atoms. The van der Waals surface area contributed by atoms with Crippen LogP contribution >= 0.6 is 0 Å². The minimum absolute atomic E-state index is 0.328. The summed E-state index contributed by atoms with van der Waals surface area (Å²) in [6.07, 6.45) is -1.37. The van der Waals surface area contributed by atoms with Gasteiger partial charge in [0.2, 0.25) is 0 Å². The molecule has 0 unspecified atom stereocenters. The van der Waals surface area contributed by atoms with Crippen LogP contribution in [0.15, 0.2) is 0 Å². The molecule has 0 radical (unpaired) electrons. The lowest BCUT2D eigenvalue weighted by Crippen LogP contribution is -2.25. The Morgan fingerprint density at radius 3 is 2.25 bits per heavy atom. The van der Waals surface area contributed by atoms with Gasteiger partial charge >= 0.3 is 0 Å². The molecule has 0 spiro atoms. The standard InChI is InChI=1S/C5H10O3/c1-2-4(7)5(8)3-6/h3-5,7-8H,2H2,1H3/t4-,5+/m1/s1. The van der Waals surface area contributed by atoms with Gasteiger partial charge in [0.05, 0.1) is 6.10 Å². The molecule has 0 heterocycles. The Bertz CT molecular complexity index is 72.1. The zero-order valence-corrected chi connectivity index (χ0v) is 4.74. The lowest BCUT2D eigenvalue weighted by molar-refractivity contribution is -0.120. The van der Waals surface area contributed by atoms with Crippen LogP contribution < -0.4 is 0 Å². The van der Waals surface area contributed by atoms with Crippen molar-refractivity contribution in [2.45, 2.75) is 25.6 Å². The van der Waals surface area contributed by atoms with E-state index in [0.717, 1.165) is 0 Å². The molecule has 8 heavy (non-hydrogen) atoms. The molecule has 48 valence electrons. The van der Waals surface area contributed by atoms with Crippen molar-refractivity contribution in [3.05, 3.63) is 0 Å². The molecule has 0 amide bonds. The molecule has 0 aliphatic carbocycles. The van der Waals surface area contributed by atoms with Crippen LogP contribution in [0.3, 0.4) is 0 Å². The highest BCUT2D eigenvalue weighted by atomic mass is 16.3. The van der Waals surface area contributed by atoms with Gasteiger partial charge in [-0.25, -0.2) is 0 Å². The van der Waals surface area contributed by atoms with Gasteiger partial charge in [0.25, 0.3) is 0 Å². The van der Waals surface area contributed by atoms with Crippen LogP contribution in [0.2, 0.25) is 0 Å². The van der Waals surface area contributed by atoms with Crippen LogP contribution in [0.4, 0.5) is 0 Å². The molecule has 0 saturated carbocycles. The summed E-state index contributed by atoms with van der Waals surface area (Å²) in [5, 5.41) is 17.2. The molecule has 0 aliphatic heterocycles. The van der Waals surface area contributed by atoms with Gasteiger partial charge < -0.3 is 15.0 Å². The van der Waals surface area contributed by atoms with E-state index in [9.17, 15) is 4.79 Å². The Morgan fingerprint density at radius 2 is 2.12 bits per heavy atom. The Balaban J connectivity index is 3.44. The molecular formula is C5H10O3. The number of hydrogen-bond donors (Lipinski definition) is 2. The summed E-state index contributed by atoms with van der Waals surface area (Å²) in [6.45, 7) is 1.69. The highest BCUT2D eigenvalue weighted by molar-refractivity contribution is 5.56. The van der Waals surface area contributed by atoms with Crippen molar-refractivity contribution in [1.29, 1.82) is 0 Å². The van der Waals surface area contributed by atoms with Crippen molar-refractivity contribution in [3.8, 4) is 0 Å². The number of aldehydes is 1. The molecule has 0 saturated heterocycles. The van der Waals surface area contributed by atoms with Crippen molar-refractivity contribution < 1.29 is 15.0 Å². The highest BCUT2D eigenvalue weighted by Crippen LogP contribution is 1.93. The Morgan fingerprint density at radius 1 is 1.62 bits per heavy atom. The smallest absolute Gasteiger partial charge is 0.151 e. The van der Waals surface area contributed by atoms with E-state index in [1.807, 2.05) is 0 Å². The van der Waals surface area contributed by atoms with Gasteiger partial charge in [-0.2, -0.15) is 0 Å². The number of rotatable bonds is 3. The Kier molecular flexibility index (Phi) is 3.39. The summed E-state index contributed by atoms with van der Waals surface area (Å²) in [5.74, 6) is 0. The minimum atomic E-state index is -1.21. The van der Waals surface area contributed by atoms with E-state index in [0.29, 0.717) is 12.7 Å². The summed E-state index contributed by atoms with van der Waals surface area (Å²) in [4.78, 5) is 9.70. The zero-order valence-electron chi connectivity index (χ0n) is 4.74. The third-order valence-corrected chi connectivity index (χ3v) is 0.952. The summed E-state index contributed by atoms with van der Waals surface area (Å²) in [7, 11) is 0. The lowest BCUT2D eigenvalue weighted by Gasteiger charge is -2.07. The van der Waals surface area contributed by atoms with E-state index >= 15 is 0 Å². The third kappa shape index (κ3) is 2.04. The minimum Gasteiger partial charge on any atom is -0.390 e. The van der Waals surface area contributed by atoms with Crippen LogP contribution in [0.25, 0.3) is 0 Å². The maximum absolute atomic E-state index is 9.70. The molecule has 2 N–H and O–H groups in total. The van der Waals surface area contributed by atoms with Gasteiger partial charge in [0.15, 0.2) is 6.29 Å². The van der Waals surface area contributed by atoms with Crippen molar-refractivity contribution in [1.82, 2.24) is 0 Å². The number of carbonyl (C=O) groups excluding carboxylic acids is 1. The predicted molar refractivity (Wildman–Crippen MR) is 28.4 cm³/mol. The molecular weight excluding hydrogens is 108 g/mol. The first-order chi connectivity index (χ1) is 3.72. The number of aliphatic hydroxyl groups is 2. The van der Waals surface area contributed by atoms with Gasteiger partial charge in [0, 0.05) is 0 Å².